The summed E-state index contributed by atoms with van der Waals surface area (Å²) in [6.45, 7) is 4.21. The third-order valence-corrected chi connectivity index (χ3v) is 6.00. The molecule has 0 radical (unpaired) electrons. The summed E-state index contributed by atoms with van der Waals surface area (Å²) < 4.78 is 11.4. The van der Waals surface area contributed by atoms with E-state index in [1.807, 2.05) is 25.1 Å². The first-order valence-electron chi connectivity index (χ1n) is 11.1. The standard InChI is InChI=1S/C24H28N6O2/c1-29(2)23-14-19(27-24(28-23)20-15-25-7-8-26-20)18-5-9-30(10-6-18)16-17-3-4-21-22(13-17)32-12-11-31-21/h3-4,7-8,13-15,18H,5-6,9-12,16H2,1-2H3. The molecule has 0 N–H and O–H groups in total. The monoisotopic (exact) mass is 432 g/mol. The van der Waals surface area contributed by atoms with Gasteiger partial charge in [0.05, 0.1) is 6.20 Å². The van der Waals surface area contributed by atoms with Crippen LogP contribution in [0.2, 0.25) is 0 Å². The Balaban J connectivity index is 1.28. The Morgan fingerprint density at radius 3 is 2.56 bits per heavy atom. The number of anilines is 1. The molecule has 32 heavy (non-hydrogen) atoms. The third kappa shape index (κ3) is 4.50. The summed E-state index contributed by atoms with van der Waals surface area (Å²) >= 11 is 0. The topological polar surface area (TPSA) is 76.5 Å². The second-order valence-corrected chi connectivity index (χ2v) is 8.49. The molecule has 0 aliphatic carbocycles. The van der Waals surface area contributed by atoms with Gasteiger partial charge in [-0.3, -0.25) is 9.88 Å². The smallest absolute Gasteiger partial charge is 0.182 e. The normalized spacial score (nSPS) is 16.7. The molecular weight excluding hydrogens is 404 g/mol. The van der Waals surface area contributed by atoms with Gasteiger partial charge in [-0.15, -0.1) is 0 Å². The molecule has 0 amide bonds. The molecule has 1 fully saturated rings. The molecule has 5 rings (SSSR count). The molecule has 0 spiro atoms. The van der Waals surface area contributed by atoms with Crippen LogP contribution in [-0.4, -0.2) is 65.2 Å². The number of nitrogens with zero attached hydrogens (tertiary/aromatic N) is 6. The van der Waals surface area contributed by atoms with Crippen molar-refractivity contribution in [3.05, 3.63) is 54.1 Å². The highest BCUT2D eigenvalue weighted by atomic mass is 16.6. The van der Waals surface area contributed by atoms with Crippen LogP contribution in [0.5, 0.6) is 11.5 Å². The van der Waals surface area contributed by atoms with Crippen LogP contribution in [0, 0.1) is 0 Å². The fraction of sp³-hybridized carbons (Fsp3) is 0.417. The Morgan fingerprint density at radius 1 is 1.00 bits per heavy atom. The van der Waals surface area contributed by atoms with E-state index in [1.54, 1.807) is 18.6 Å². The Hall–Kier alpha value is -3.26. The molecule has 8 nitrogen and oxygen atoms in total. The Labute approximate surface area is 188 Å². The number of benzene rings is 1. The summed E-state index contributed by atoms with van der Waals surface area (Å²) in [6, 6.07) is 8.39. The highest BCUT2D eigenvalue weighted by molar-refractivity contribution is 5.52. The molecule has 2 aliphatic heterocycles. The maximum absolute atomic E-state index is 5.74. The van der Waals surface area contributed by atoms with E-state index in [9.17, 15) is 0 Å². The van der Waals surface area contributed by atoms with Gasteiger partial charge in [-0.05, 0) is 43.6 Å². The number of ether oxygens (including phenoxy) is 2. The van der Waals surface area contributed by atoms with Crippen LogP contribution in [0.15, 0.2) is 42.9 Å². The molecule has 8 heteroatoms. The largest absolute Gasteiger partial charge is 0.486 e. The molecule has 0 unspecified atom stereocenters. The fourth-order valence-corrected chi connectivity index (χ4v) is 4.25. The van der Waals surface area contributed by atoms with Crippen molar-refractivity contribution in [3.63, 3.8) is 0 Å². The van der Waals surface area contributed by atoms with Crippen LogP contribution >= 0.6 is 0 Å². The van der Waals surface area contributed by atoms with E-state index in [1.165, 1.54) is 5.56 Å². The predicted molar refractivity (Wildman–Crippen MR) is 122 cm³/mol. The van der Waals surface area contributed by atoms with Gasteiger partial charge in [0.2, 0.25) is 0 Å². The Bertz CT molecular complexity index is 1070. The van der Waals surface area contributed by atoms with Crippen LogP contribution < -0.4 is 14.4 Å². The molecule has 0 bridgehead atoms. The van der Waals surface area contributed by atoms with Crippen LogP contribution in [0.4, 0.5) is 5.82 Å². The zero-order valence-electron chi connectivity index (χ0n) is 18.6. The van der Waals surface area contributed by atoms with Crippen molar-refractivity contribution < 1.29 is 9.47 Å². The van der Waals surface area contributed by atoms with Crippen molar-refractivity contribution in [3.8, 4) is 23.0 Å². The Kier molecular flexibility index (Phi) is 5.85. The van der Waals surface area contributed by atoms with E-state index < -0.39 is 0 Å². The number of hydrogen-bond donors (Lipinski definition) is 0. The zero-order valence-corrected chi connectivity index (χ0v) is 18.6. The first-order chi connectivity index (χ1) is 15.7. The van der Waals surface area contributed by atoms with Crippen LogP contribution in [-0.2, 0) is 6.54 Å². The van der Waals surface area contributed by atoms with Crippen molar-refractivity contribution in [2.75, 3.05) is 45.3 Å². The van der Waals surface area contributed by atoms with Crippen LogP contribution in [0.25, 0.3) is 11.5 Å². The van der Waals surface area contributed by atoms with Gasteiger partial charge in [0.25, 0.3) is 0 Å². The van der Waals surface area contributed by atoms with E-state index in [0.29, 0.717) is 30.7 Å². The summed E-state index contributed by atoms with van der Waals surface area (Å²) in [4.78, 5) is 22.6. The minimum atomic E-state index is 0.406. The van der Waals surface area contributed by atoms with Gasteiger partial charge in [0.1, 0.15) is 24.7 Å². The first kappa shape index (κ1) is 20.6. The molecule has 4 heterocycles. The highest BCUT2D eigenvalue weighted by Gasteiger charge is 2.24. The molecule has 3 aromatic rings. The molecule has 1 saturated heterocycles. The molecule has 0 atom stereocenters. The highest BCUT2D eigenvalue weighted by Crippen LogP contribution is 2.33. The van der Waals surface area contributed by atoms with E-state index in [-0.39, 0.29) is 0 Å². The van der Waals surface area contributed by atoms with Gasteiger partial charge in [-0.1, -0.05) is 6.07 Å². The van der Waals surface area contributed by atoms with E-state index in [4.69, 9.17) is 14.5 Å². The lowest BCUT2D eigenvalue weighted by molar-refractivity contribution is 0.170. The Morgan fingerprint density at radius 2 is 1.81 bits per heavy atom. The van der Waals surface area contributed by atoms with Crippen LogP contribution in [0.1, 0.15) is 30.0 Å². The van der Waals surface area contributed by atoms with Gasteiger partial charge < -0.3 is 14.4 Å². The second-order valence-electron chi connectivity index (χ2n) is 8.49. The summed E-state index contributed by atoms with van der Waals surface area (Å²) in [5.74, 6) is 3.64. The van der Waals surface area contributed by atoms with E-state index in [0.717, 1.165) is 55.5 Å². The van der Waals surface area contributed by atoms with Crippen molar-refractivity contribution in [1.29, 1.82) is 0 Å². The number of likely N-dealkylation sites (tertiary alicyclic amines) is 1. The fourth-order valence-electron chi connectivity index (χ4n) is 4.25. The summed E-state index contributed by atoms with van der Waals surface area (Å²) in [5.41, 5.74) is 3.05. The average molecular weight is 433 g/mol. The number of aromatic nitrogens is 4. The van der Waals surface area contributed by atoms with Gasteiger partial charge in [-0.25, -0.2) is 15.0 Å². The number of piperidine rings is 1. The number of fused-ring (bicyclic) bond motifs is 1. The quantitative estimate of drug-likeness (QED) is 0.609. The number of hydrogen-bond acceptors (Lipinski definition) is 8. The van der Waals surface area contributed by atoms with E-state index in [2.05, 4.69) is 38.1 Å². The van der Waals surface area contributed by atoms with Crippen LogP contribution in [0.3, 0.4) is 0 Å². The van der Waals surface area contributed by atoms with Crippen molar-refractivity contribution >= 4 is 5.82 Å². The summed E-state index contributed by atoms with van der Waals surface area (Å²) in [5, 5.41) is 0. The molecular formula is C24H28N6O2. The van der Waals surface area contributed by atoms with Gasteiger partial charge in [-0.2, -0.15) is 0 Å². The van der Waals surface area contributed by atoms with Gasteiger partial charge >= 0.3 is 0 Å². The lowest BCUT2D eigenvalue weighted by atomic mass is 9.92. The maximum Gasteiger partial charge on any atom is 0.182 e. The van der Waals surface area contributed by atoms with Crippen molar-refractivity contribution in [1.82, 2.24) is 24.8 Å². The van der Waals surface area contributed by atoms with E-state index >= 15 is 0 Å². The average Bonchev–Trinajstić information content (AvgIpc) is 2.85. The minimum absolute atomic E-state index is 0.406. The zero-order chi connectivity index (χ0) is 21.9. The molecule has 166 valence electrons. The lowest BCUT2D eigenvalue weighted by Gasteiger charge is -2.32. The molecule has 2 aromatic heterocycles. The lowest BCUT2D eigenvalue weighted by Crippen LogP contribution is -2.33. The molecule has 1 aromatic carbocycles. The molecule has 2 aliphatic rings. The third-order valence-electron chi connectivity index (χ3n) is 6.00. The summed E-state index contributed by atoms with van der Waals surface area (Å²) in [6.07, 6.45) is 7.19. The summed E-state index contributed by atoms with van der Waals surface area (Å²) in [7, 11) is 4.00. The van der Waals surface area contributed by atoms with Crippen molar-refractivity contribution in [2.24, 2.45) is 0 Å². The second kappa shape index (κ2) is 9.08. The maximum atomic E-state index is 5.74. The first-order valence-corrected chi connectivity index (χ1v) is 11.1. The predicted octanol–water partition coefficient (Wildman–Crippen LogP) is 3.15. The SMILES string of the molecule is CN(C)c1cc(C2CCN(Cc3ccc4c(c3)OCCO4)CC2)nc(-c2cnccn2)n1. The van der Waals surface area contributed by atoms with Gasteiger partial charge in [0, 0.05) is 50.7 Å². The molecule has 0 saturated carbocycles. The number of rotatable bonds is 5. The minimum Gasteiger partial charge on any atom is -0.486 e. The van der Waals surface area contributed by atoms with Crippen molar-refractivity contribution in [2.45, 2.75) is 25.3 Å². The van der Waals surface area contributed by atoms with Gasteiger partial charge in [0.15, 0.2) is 17.3 Å².